The van der Waals surface area contributed by atoms with Crippen molar-refractivity contribution >= 4 is 5.91 Å². The topological polar surface area (TPSA) is 47.4 Å². The molecule has 2 aliphatic rings. The smallest absolute Gasteiger partial charge is 0.375 e. The maximum absolute atomic E-state index is 14.1. The van der Waals surface area contributed by atoms with Crippen LogP contribution in [0.3, 0.4) is 0 Å². The Morgan fingerprint density at radius 1 is 1.14 bits per heavy atom. The molecule has 37 heavy (non-hydrogen) atoms. The fraction of sp³-hybridized carbons (Fsp3) is 0.379. The van der Waals surface area contributed by atoms with Crippen molar-refractivity contribution in [3.8, 4) is 0 Å². The Morgan fingerprint density at radius 3 is 2.57 bits per heavy atom. The number of benzene rings is 1. The van der Waals surface area contributed by atoms with Crippen LogP contribution in [0.4, 0.5) is 13.2 Å². The molecule has 3 heterocycles. The summed E-state index contributed by atoms with van der Waals surface area (Å²) < 4.78 is 48.2. The van der Waals surface area contributed by atoms with Crippen molar-refractivity contribution in [2.45, 2.75) is 52.1 Å². The summed E-state index contributed by atoms with van der Waals surface area (Å²) in [6.07, 6.45) is 1.36. The van der Waals surface area contributed by atoms with Crippen LogP contribution < -0.4 is 0 Å². The lowest BCUT2D eigenvalue weighted by Gasteiger charge is -2.36. The summed E-state index contributed by atoms with van der Waals surface area (Å²) in [5.41, 5.74) is 2.60. The van der Waals surface area contributed by atoms with E-state index in [4.69, 9.17) is 4.74 Å². The first-order valence-electron chi connectivity index (χ1n) is 12.5. The second kappa shape index (κ2) is 9.82. The van der Waals surface area contributed by atoms with Crippen LogP contribution in [0.2, 0.25) is 0 Å². The minimum absolute atomic E-state index is 0.00477. The first-order valence-corrected chi connectivity index (χ1v) is 12.5. The number of carbonyl (C=O) groups is 1. The van der Waals surface area contributed by atoms with Gasteiger partial charge in [-0.05, 0) is 49.6 Å². The molecular weight excluding hydrogens is 479 g/mol. The van der Waals surface area contributed by atoms with E-state index in [2.05, 4.69) is 27.8 Å². The zero-order valence-corrected chi connectivity index (χ0v) is 21.0. The van der Waals surface area contributed by atoms with E-state index in [0.29, 0.717) is 37.3 Å². The van der Waals surface area contributed by atoms with Crippen molar-refractivity contribution in [1.29, 1.82) is 0 Å². The van der Waals surface area contributed by atoms with Crippen molar-refractivity contribution in [3.63, 3.8) is 0 Å². The Labute approximate surface area is 214 Å². The Kier molecular flexibility index (Phi) is 6.70. The van der Waals surface area contributed by atoms with Crippen LogP contribution in [-0.2, 0) is 35.3 Å². The number of pyridine rings is 1. The van der Waals surface area contributed by atoms with Gasteiger partial charge in [-0.15, -0.1) is 0 Å². The highest BCUT2D eigenvalue weighted by molar-refractivity contribution is 5.86. The molecule has 194 valence electrons. The van der Waals surface area contributed by atoms with Crippen LogP contribution in [-0.4, -0.2) is 33.5 Å². The van der Waals surface area contributed by atoms with E-state index in [0.717, 1.165) is 29.2 Å². The summed E-state index contributed by atoms with van der Waals surface area (Å²) in [7, 11) is 0. The third-order valence-corrected chi connectivity index (χ3v) is 7.42. The lowest BCUT2D eigenvalue weighted by molar-refractivity contribution is -0.144. The van der Waals surface area contributed by atoms with Gasteiger partial charge in [0, 0.05) is 42.8 Å². The highest BCUT2D eigenvalue weighted by atomic mass is 19.4. The second-order valence-corrected chi connectivity index (χ2v) is 10.1. The highest BCUT2D eigenvalue weighted by Crippen LogP contribution is 2.42. The molecule has 2 atom stereocenters. The zero-order valence-electron chi connectivity index (χ0n) is 21.0. The fourth-order valence-electron chi connectivity index (χ4n) is 5.51. The fourth-order valence-corrected chi connectivity index (χ4v) is 5.51. The van der Waals surface area contributed by atoms with E-state index in [1.165, 1.54) is 0 Å². The zero-order chi connectivity index (χ0) is 26.2. The Hall–Kier alpha value is -3.39. The molecule has 5 nitrogen and oxygen atoms in total. The minimum atomic E-state index is -4.48. The first kappa shape index (κ1) is 25.3. The van der Waals surface area contributed by atoms with Crippen molar-refractivity contribution in [2.24, 2.45) is 5.41 Å². The van der Waals surface area contributed by atoms with E-state index in [1.807, 2.05) is 50.3 Å². The average molecular weight is 510 g/mol. The molecule has 0 spiro atoms. The lowest BCUT2D eigenvalue weighted by atomic mass is 9.85. The second-order valence-electron chi connectivity index (χ2n) is 10.1. The van der Waals surface area contributed by atoms with Gasteiger partial charge in [-0.2, -0.15) is 13.2 Å². The Bertz CT molecular complexity index is 1300. The van der Waals surface area contributed by atoms with E-state index < -0.39 is 17.2 Å². The monoisotopic (exact) mass is 509 g/mol. The van der Waals surface area contributed by atoms with Gasteiger partial charge in [0.1, 0.15) is 0 Å². The summed E-state index contributed by atoms with van der Waals surface area (Å²) in [4.78, 5) is 19.8. The van der Waals surface area contributed by atoms with Gasteiger partial charge in [0.2, 0.25) is 5.91 Å². The van der Waals surface area contributed by atoms with E-state index in [9.17, 15) is 18.0 Å². The van der Waals surface area contributed by atoms with Gasteiger partial charge in [-0.25, -0.2) is 0 Å². The van der Waals surface area contributed by atoms with Crippen LogP contribution in [0.5, 0.6) is 0 Å². The summed E-state index contributed by atoms with van der Waals surface area (Å²) in [6, 6.07) is 15.0. The molecule has 0 fully saturated rings. The van der Waals surface area contributed by atoms with Crippen LogP contribution >= 0.6 is 0 Å². The molecule has 0 saturated carbocycles. The number of rotatable bonds is 6. The maximum atomic E-state index is 14.1. The van der Waals surface area contributed by atoms with Gasteiger partial charge in [0.25, 0.3) is 0 Å². The van der Waals surface area contributed by atoms with Gasteiger partial charge in [-0.1, -0.05) is 42.5 Å². The predicted molar refractivity (Wildman–Crippen MR) is 134 cm³/mol. The molecule has 0 bridgehead atoms. The SMILES string of the molecule is Cc1ccc(C)n1C1C=CC(COCc2ccccc2)(C(=O)N2CCc3ncc(C(F)(F)F)cc3C2)C1. The molecule has 2 unspecified atom stereocenters. The van der Waals surface area contributed by atoms with Crippen molar-refractivity contribution in [1.82, 2.24) is 14.5 Å². The molecule has 8 heteroatoms. The van der Waals surface area contributed by atoms with E-state index >= 15 is 0 Å². The molecule has 0 N–H and O–H groups in total. The molecule has 1 aliphatic carbocycles. The normalized spacial score (nSPS) is 21.3. The van der Waals surface area contributed by atoms with Gasteiger partial charge in [-0.3, -0.25) is 9.78 Å². The van der Waals surface area contributed by atoms with E-state index in [-0.39, 0.29) is 25.1 Å². The third-order valence-electron chi connectivity index (χ3n) is 7.42. The number of carbonyl (C=O) groups excluding carboxylic acids is 1. The number of alkyl halides is 3. The quantitative estimate of drug-likeness (QED) is 0.394. The number of amides is 1. The molecule has 1 aromatic carbocycles. The number of halogens is 3. The summed E-state index contributed by atoms with van der Waals surface area (Å²) in [5, 5.41) is 0. The van der Waals surface area contributed by atoms with Crippen LogP contribution in [0.15, 0.2) is 66.9 Å². The number of aryl methyl sites for hydroxylation is 2. The molecule has 2 aromatic heterocycles. The van der Waals surface area contributed by atoms with Gasteiger partial charge in [0.05, 0.1) is 30.2 Å². The highest BCUT2D eigenvalue weighted by Gasteiger charge is 2.45. The number of aromatic nitrogens is 2. The number of hydrogen-bond acceptors (Lipinski definition) is 3. The first-order chi connectivity index (χ1) is 17.7. The standard InChI is InChI=1S/C29H30F3N3O2/c1-20-8-9-21(2)35(20)25-10-12-28(15-25,19-37-18-22-6-4-3-5-7-22)27(36)34-13-11-26-23(17-34)14-24(16-33-26)29(30,31)32/h3-10,12,14,16,25H,11,13,15,17-19H2,1-2H3. The lowest BCUT2D eigenvalue weighted by Crippen LogP contribution is -2.47. The predicted octanol–water partition coefficient (Wildman–Crippen LogP) is 5.81. The van der Waals surface area contributed by atoms with Crippen LogP contribution in [0.1, 0.15) is 46.2 Å². The third kappa shape index (κ3) is 5.07. The van der Waals surface area contributed by atoms with Crippen molar-refractivity contribution in [3.05, 3.63) is 101 Å². The summed E-state index contributed by atoms with van der Waals surface area (Å²) in [5.74, 6) is -0.121. The number of ether oxygens (including phenoxy) is 1. The van der Waals surface area contributed by atoms with Gasteiger partial charge >= 0.3 is 6.18 Å². The molecule has 0 radical (unpaired) electrons. The van der Waals surface area contributed by atoms with Crippen LogP contribution in [0.25, 0.3) is 0 Å². The largest absolute Gasteiger partial charge is 0.417 e. The number of fused-ring (bicyclic) bond motifs is 1. The number of allylic oxidation sites excluding steroid dienone is 1. The van der Waals surface area contributed by atoms with Crippen molar-refractivity contribution in [2.75, 3.05) is 13.2 Å². The Balaban J connectivity index is 1.39. The molecule has 0 saturated heterocycles. The van der Waals surface area contributed by atoms with Crippen molar-refractivity contribution < 1.29 is 22.7 Å². The number of hydrogen-bond donors (Lipinski definition) is 0. The molecule has 1 aliphatic heterocycles. The van der Waals surface area contributed by atoms with E-state index in [1.54, 1.807) is 4.90 Å². The Morgan fingerprint density at radius 2 is 1.86 bits per heavy atom. The molecule has 1 amide bonds. The average Bonchev–Trinajstić information content (AvgIpc) is 3.46. The van der Waals surface area contributed by atoms with Gasteiger partial charge < -0.3 is 14.2 Å². The maximum Gasteiger partial charge on any atom is 0.417 e. The molecule has 5 rings (SSSR count). The van der Waals surface area contributed by atoms with Crippen LogP contribution in [0, 0.1) is 19.3 Å². The summed E-state index contributed by atoms with van der Waals surface area (Å²) >= 11 is 0. The minimum Gasteiger partial charge on any atom is -0.375 e. The van der Waals surface area contributed by atoms with Gasteiger partial charge in [0.15, 0.2) is 0 Å². The molecular formula is C29H30F3N3O2. The summed E-state index contributed by atoms with van der Waals surface area (Å²) in [6.45, 7) is 5.16. The number of nitrogens with zero attached hydrogens (tertiary/aromatic N) is 3. The molecule has 3 aromatic rings.